The van der Waals surface area contributed by atoms with Gasteiger partial charge in [0.15, 0.2) is 5.17 Å². The first-order chi connectivity index (χ1) is 9.58. The Kier molecular flexibility index (Phi) is 4.55. The molecule has 2 rings (SSSR count). The van der Waals surface area contributed by atoms with Crippen LogP contribution in [-0.4, -0.2) is 10.1 Å². The molecule has 7 heteroatoms. The van der Waals surface area contributed by atoms with Crippen LogP contribution >= 0.6 is 23.2 Å². The van der Waals surface area contributed by atoms with Crippen LogP contribution in [-0.2, 0) is 0 Å². The van der Waals surface area contributed by atoms with Crippen LogP contribution in [0.15, 0.2) is 53.6 Å². The van der Waals surface area contributed by atoms with E-state index >= 15 is 0 Å². The minimum absolute atomic E-state index is 0.0979. The van der Waals surface area contributed by atoms with Gasteiger partial charge >= 0.3 is 0 Å². The summed E-state index contributed by atoms with van der Waals surface area (Å²) in [6.45, 7) is 0. The van der Waals surface area contributed by atoms with Gasteiger partial charge in [0.1, 0.15) is 0 Å². The minimum atomic E-state index is -0.525. The lowest BCUT2D eigenvalue weighted by molar-refractivity contribution is -0.384. The summed E-state index contributed by atoms with van der Waals surface area (Å²) in [7, 11) is 0. The van der Waals surface area contributed by atoms with Gasteiger partial charge in [-0.3, -0.25) is 15.5 Å². The first-order valence-corrected chi connectivity index (χ1v) is 6.32. The maximum absolute atomic E-state index is 10.6. The van der Waals surface area contributed by atoms with Crippen LogP contribution in [0.4, 0.5) is 11.4 Å². The smallest absolute Gasteiger partial charge is 0.270 e. The van der Waals surface area contributed by atoms with Crippen molar-refractivity contribution >= 4 is 39.7 Å². The topological polar surface area (TPSA) is 67.5 Å². The van der Waals surface area contributed by atoms with Crippen molar-refractivity contribution in [2.24, 2.45) is 5.10 Å². The van der Waals surface area contributed by atoms with Crippen molar-refractivity contribution in [1.82, 2.24) is 0 Å². The van der Waals surface area contributed by atoms with Crippen molar-refractivity contribution in [2.75, 3.05) is 5.43 Å². The Morgan fingerprint density at radius 2 is 1.90 bits per heavy atom. The maximum Gasteiger partial charge on any atom is 0.270 e. The van der Waals surface area contributed by atoms with E-state index in [1.54, 1.807) is 0 Å². The average molecular weight is 310 g/mol. The molecule has 0 aromatic heterocycles. The molecule has 0 aliphatic rings. The van der Waals surface area contributed by atoms with Crippen molar-refractivity contribution in [1.29, 1.82) is 0 Å². The molecule has 0 atom stereocenters. The summed E-state index contributed by atoms with van der Waals surface area (Å²) in [6, 6.07) is 13.2. The standard InChI is InChI=1S/C13H9Cl2N3O2/c14-12-8-10(18(19)20)6-7-11(12)13(15)17-16-9-4-2-1-3-5-9/h1-8,16H/b17-13-. The second kappa shape index (κ2) is 6.36. The summed E-state index contributed by atoms with van der Waals surface area (Å²) in [5.41, 5.74) is 3.86. The number of hydrazone groups is 1. The summed E-state index contributed by atoms with van der Waals surface area (Å²) >= 11 is 12.0. The highest BCUT2D eigenvalue weighted by atomic mass is 35.5. The van der Waals surface area contributed by atoms with Crippen LogP contribution in [0.1, 0.15) is 5.56 Å². The quantitative estimate of drug-likeness (QED) is 0.521. The third kappa shape index (κ3) is 3.46. The Balaban J connectivity index is 2.20. The van der Waals surface area contributed by atoms with E-state index < -0.39 is 4.92 Å². The van der Waals surface area contributed by atoms with Gasteiger partial charge < -0.3 is 0 Å². The Morgan fingerprint density at radius 1 is 1.20 bits per heavy atom. The van der Waals surface area contributed by atoms with Crippen molar-refractivity contribution in [3.63, 3.8) is 0 Å². The highest BCUT2D eigenvalue weighted by Crippen LogP contribution is 2.24. The predicted molar refractivity (Wildman–Crippen MR) is 80.6 cm³/mol. The number of nitrogens with one attached hydrogen (secondary N) is 1. The molecule has 5 nitrogen and oxygen atoms in total. The van der Waals surface area contributed by atoms with Gasteiger partial charge in [0, 0.05) is 17.7 Å². The number of nitro benzene ring substituents is 1. The molecule has 0 amide bonds. The number of rotatable bonds is 4. The maximum atomic E-state index is 10.6. The summed E-state index contributed by atoms with van der Waals surface area (Å²) in [4.78, 5) is 10.1. The number of para-hydroxylation sites is 1. The van der Waals surface area contributed by atoms with Gasteiger partial charge in [-0.25, -0.2) is 0 Å². The Bertz CT molecular complexity index is 660. The summed E-state index contributed by atoms with van der Waals surface area (Å²) < 4.78 is 0. The van der Waals surface area contributed by atoms with E-state index in [1.807, 2.05) is 30.3 Å². The van der Waals surface area contributed by atoms with Crippen LogP contribution in [0.2, 0.25) is 5.02 Å². The van der Waals surface area contributed by atoms with Gasteiger partial charge in [-0.15, -0.1) is 0 Å². The fourth-order valence-corrected chi connectivity index (χ4v) is 1.99. The van der Waals surface area contributed by atoms with Crippen LogP contribution in [0.25, 0.3) is 0 Å². The Labute approximate surface area is 125 Å². The predicted octanol–water partition coefficient (Wildman–Crippen LogP) is 4.26. The van der Waals surface area contributed by atoms with Gasteiger partial charge in [0.2, 0.25) is 0 Å². The fraction of sp³-hybridized carbons (Fsp3) is 0. The molecule has 0 aliphatic heterocycles. The van der Waals surface area contributed by atoms with E-state index in [1.165, 1.54) is 18.2 Å². The van der Waals surface area contributed by atoms with Gasteiger partial charge in [-0.1, -0.05) is 41.4 Å². The van der Waals surface area contributed by atoms with Gasteiger partial charge in [0.25, 0.3) is 5.69 Å². The van der Waals surface area contributed by atoms with Crippen LogP contribution in [0.5, 0.6) is 0 Å². The van der Waals surface area contributed by atoms with E-state index in [-0.39, 0.29) is 15.9 Å². The third-order valence-corrected chi connectivity index (χ3v) is 3.04. The molecule has 0 saturated heterocycles. The molecule has 20 heavy (non-hydrogen) atoms. The number of nitrogens with zero attached hydrogens (tertiary/aromatic N) is 2. The molecule has 2 aromatic rings. The summed E-state index contributed by atoms with van der Waals surface area (Å²) in [5, 5.41) is 14.9. The van der Waals surface area contributed by atoms with E-state index in [0.717, 1.165) is 5.69 Å². The third-order valence-electron chi connectivity index (χ3n) is 2.44. The Hall–Kier alpha value is -2.11. The highest BCUT2D eigenvalue weighted by Gasteiger charge is 2.12. The number of anilines is 1. The number of hydrogen-bond donors (Lipinski definition) is 1. The zero-order valence-corrected chi connectivity index (χ0v) is 11.6. The lowest BCUT2D eigenvalue weighted by Crippen LogP contribution is -1.99. The van der Waals surface area contributed by atoms with E-state index in [2.05, 4.69) is 10.5 Å². The Morgan fingerprint density at radius 3 is 2.50 bits per heavy atom. The first-order valence-electron chi connectivity index (χ1n) is 5.56. The molecule has 1 N–H and O–H groups in total. The molecule has 0 heterocycles. The van der Waals surface area contributed by atoms with Crippen LogP contribution in [0.3, 0.4) is 0 Å². The van der Waals surface area contributed by atoms with E-state index in [4.69, 9.17) is 23.2 Å². The summed E-state index contributed by atoms with van der Waals surface area (Å²) in [5.74, 6) is 0. The number of nitro groups is 1. The molecule has 0 bridgehead atoms. The molecule has 0 aliphatic carbocycles. The van der Waals surface area contributed by atoms with Crippen molar-refractivity contribution < 1.29 is 4.92 Å². The number of benzene rings is 2. The largest absolute Gasteiger partial charge is 0.277 e. The van der Waals surface area contributed by atoms with E-state index in [0.29, 0.717) is 5.56 Å². The lowest BCUT2D eigenvalue weighted by Gasteiger charge is -2.03. The number of halogens is 2. The highest BCUT2D eigenvalue weighted by molar-refractivity contribution is 6.70. The molecule has 102 valence electrons. The molecule has 0 fully saturated rings. The molecule has 0 radical (unpaired) electrons. The molecule has 2 aromatic carbocycles. The minimum Gasteiger partial charge on any atom is -0.277 e. The zero-order valence-electron chi connectivity index (χ0n) is 10.1. The average Bonchev–Trinajstić information content (AvgIpc) is 2.45. The second-order valence-corrected chi connectivity index (χ2v) is 4.57. The monoisotopic (exact) mass is 309 g/mol. The fourth-order valence-electron chi connectivity index (χ4n) is 1.47. The normalized spacial score (nSPS) is 11.2. The first kappa shape index (κ1) is 14.3. The van der Waals surface area contributed by atoms with E-state index in [9.17, 15) is 10.1 Å². The van der Waals surface area contributed by atoms with Crippen molar-refractivity contribution in [2.45, 2.75) is 0 Å². The molecule has 0 spiro atoms. The van der Waals surface area contributed by atoms with Crippen molar-refractivity contribution in [3.8, 4) is 0 Å². The van der Waals surface area contributed by atoms with Gasteiger partial charge in [-0.05, 0) is 18.2 Å². The lowest BCUT2D eigenvalue weighted by atomic mass is 10.2. The SMILES string of the molecule is O=[N+]([O-])c1ccc(/C(Cl)=N/Nc2ccccc2)c(Cl)c1. The molecular weight excluding hydrogens is 301 g/mol. The molecule has 0 unspecified atom stereocenters. The summed E-state index contributed by atoms with van der Waals surface area (Å²) in [6.07, 6.45) is 0. The number of hydrogen-bond acceptors (Lipinski definition) is 4. The van der Waals surface area contributed by atoms with Gasteiger partial charge in [-0.2, -0.15) is 5.10 Å². The zero-order chi connectivity index (χ0) is 14.5. The second-order valence-electron chi connectivity index (χ2n) is 3.80. The van der Waals surface area contributed by atoms with Crippen LogP contribution < -0.4 is 5.43 Å². The molecular formula is C13H9Cl2N3O2. The molecule has 0 saturated carbocycles. The van der Waals surface area contributed by atoms with Crippen LogP contribution in [0, 0.1) is 10.1 Å². The number of non-ortho nitro benzene ring substituents is 1. The van der Waals surface area contributed by atoms with Crippen molar-refractivity contribution in [3.05, 3.63) is 69.2 Å². The van der Waals surface area contributed by atoms with Gasteiger partial charge in [0.05, 0.1) is 15.6 Å².